The Hall–Kier alpha value is -1.35. The van der Waals surface area contributed by atoms with Crippen molar-refractivity contribution in [1.82, 2.24) is 9.88 Å². The summed E-state index contributed by atoms with van der Waals surface area (Å²) < 4.78 is 13.6. The molecule has 0 atom stereocenters. The average Bonchev–Trinajstić information content (AvgIpc) is 2.67. The van der Waals surface area contributed by atoms with Crippen LogP contribution in [0, 0.1) is 18.7 Å². The Morgan fingerprint density at radius 3 is 2.89 bits per heavy atom. The fraction of sp³-hybridized carbons (Fsp3) is 0.500. The number of nitrogens with zero attached hydrogens (tertiary/aromatic N) is 1. The van der Waals surface area contributed by atoms with E-state index in [-0.39, 0.29) is 5.82 Å². The predicted molar refractivity (Wildman–Crippen MR) is 76.8 cm³/mol. The van der Waals surface area contributed by atoms with Gasteiger partial charge in [-0.2, -0.15) is 0 Å². The molecule has 2 nitrogen and oxygen atoms in total. The van der Waals surface area contributed by atoms with Gasteiger partial charge in [-0.05, 0) is 36.1 Å². The molecule has 1 aliphatic rings. The molecular formula is C16H21FN2. The van der Waals surface area contributed by atoms with Crippen molar-refractivity contribution in [2.75, 3.05) is 13.1 Å². The number of hydrogen-bond donors (Lipinski definition) is 1. The van der Waals surface area contributed by atoms with Crippen LogP contribution in [0.15, 0.2) is 12.1 Å². The molecule has 1 aliphatic heterocycles. The first-order valence-electron chi connectivity index (χ1n) is 7.06. The van der Waals surface area contributed by atoms with Gasteiger partial charge < -0.3 is 4.98 Å². The minimum Gasteiger partial charge on any atom is -0.358 e. The van der Waals surface area contributed by atoms with Crippen LogP contribution in [0.1, 0.15) is 30.7 Å². The van der Waals surface area contributed by atoms with Gasteiger partial charge in [-0.3, -0.25) is 4.90 Å². The molecule has 2 aromatic rings. The van der Waals surface area contributed by atoms with Crippen LogP contribution in [0.4, 0.5) is 4.39 Å². The zero-order valence-electron chi connectivity index (χ0n) is 11.9. The smallest absolute Gasteiger partial charge is 0.124 e. The van der Waals surface area contributed by atoms with E-state index in [0.29, 0.717) is 5.92 Å². The maximum absolute atomic E-state index is 13.6. The van der Waals surface area contributed by atoms with Gasteiger partial charge in [-0.15, -0.1) is 0 Å². The lowest BCUT2D eigenvalue weighted by Crippen LogP contribution is -2.33. The molecule has 0 saturated heterocycles. The molecule has 1 aromatic heterocycles. The molecular weight excluding hydrogens is 239 g/mol. The lowest BCUT2D eigenvalue weighted by Gasteiger charge is -2.28. The molecule has 2 heterocycles. The minimum atomic E-state index is -0.132. The molecule has 0 unspecified atom stereocenters. The standard InChI is InChI=1S/C16H21FN2/c1-10(2)8-19-5-4-15-14(9-19)13-7-12(17)6-11(3)16(13)18-15/h6-7,10,18H,4-5,8-9H2,1-3H3. The van der Waals surface area contributed by atoms with Gasteiger partial charge in [0, 0.05) is 42.7 Å². The number of fused-ring (bicyclic) bond motifs is 3. The van der Waals surface area contributed by atoms with Crippen molar-refractivity contribution < 1.29 is 4.39 Å². The summed E-state index contributed by atoms with van der Waals surface area (Å²) in [5.74, 6) is 0.540. The van der Waals surface area contributed by atoms with E-state index in [4.69, 9.17) is 0 Å². The van der Waals surface area contributed by atoms with E-state index in [1.165, 1.54) is 11.3 Å². The van der Waals surface area contributed by atoms with Crippen LogP contribution in [0.25, 0.3) is 10.9 Å². The fourth-order valence-corrected chi connectivity index (χ4v) is 3.17. The molecule has 19 heavy (non-hydrogen) atoms. The van der Waals surface area contributed by atoms with Crippen molar-refractivity contribution in [1.29, 1.82) is 0 Å². The number of rotatable bonds is 2. The lowest BCUT2D eigenvalue weighted by molar-refractivity contribution is 0.226. The molecule has 0 saturated carbocycles. The molecule has 0 amide bonds. The van der Waals surface area contributed by atoms with Gasteiger partial charge in [0.25, 0.3) is 0 Å². The van der Waals surface area contributed by atoms with Crippen molar-refractivity contribution in [2.45, 2.75) is 33.7 Å². The van der Waals surface area contributed by atoms with Gasteiger partial charge in [0.05, 0.1) is 0 Å². The normalized spacial score (nSPS) is 16.3. The van der Waals surface area contributed by atoms with Crippen molar-refractivity contribution in [3.05, 3.63) is 34.8 Å². The molecule has 0 fully saturated rings. The summed E-state index contributed by atoms with van der Waals surface area (Å²) in [4.78, 5) is 5.96. The van der Waals surface area contributed by atoms with E-state index >= 15 is 0 Å². The molecule has 3 rings (SSSR count). The number of nitrogens with one attached hydrogen (secondary N) is 1. The summed E-state index contributed by atoms with van der Waals surface area (Å²) in [5.41, 5.74) is 4.70. The van der Waals surface area contributed by atoms with E-state index in [1.54, 1.807) is 12.1 Å². The summed E-state index contributed by atoms with van der Waals surface area (Å²) in [6.45, 7) is 9.61. The Morgan fingerprint density at radius 2 is 2.16 bits per heavy atom. The second-order valence-corrected chi connectivity index (χ2v) is 6.11. The summed E-state index contributed by atoms with van der Waals surface area (Å²) in [6.07, 6.45) is 1.04. The van der Waals surface area contributed by atoms with Gasteiger partial charge in [0.15, 0.2) is 0 Å². The highest BCUT2D eigenvalue weighted by Gasteiger charge is 2.21. The second-order valence-electron chi connectivity index (χ2n) is 6.11. The predicted octanol–water partition coefficient (Wildman–Crippen LogP) is 3.63. The number of benzene rings is 1. The maximum atomic E-state index is 13.6. The molecule has 3 heteroatoms. The van der Waals surface area contributed by atoms with Crippen LogP contribution in [0.2, 0.25) is 0 Å². The summed E-state index contributed by atoms with van der Waals surface area (Å²) in [7, 11) is 0. The molecule has 102 valence electrons. The number of aromatic nitrogens is 1. The number of aromatic amines is 1. The highest BCUT2D eigenvalue weighted by atomic mass is 19.1. The van der Waals surface area contributed by atoms with Gasteiger partial charge in [-0.1, -0.05) is 13.8 Å². The molecule has 1 N–H and O–H groups in total. The van der Waals surface area contributed by atoms with Gasteiger partial charge in [0.1, 0.15) is 5.82 Å². The number of aryl methyl sites for hydroxylation is 1. The largest absolute Gasteiger partial charge is 0.358 e. The van der Waals surface area contributed by atoms with E-state index in [0.717, 1.165) is 42.5 Å². The first kappa shape index (κ1) is 12.7. The first-order chi connectivity index (χ1) is 9.04. The third-order valence-electron chi connectivity index (χ3n) is 3.95. The van der Waals surface area contributed by atoms with Gasteiger partial charge in [-0.25, -0.2) is 4.39 Å². The molecule has 0 aliphatic carbocycles. The Balaban J connectivity index is 2.03. The molecule has 0 radical (unpaired) electrons. The third-order valence-corrected chi connectivity index (χ3v) is 3.95. The Morgan fingerprint density at radius 1 is 1.37 bits per heavy atom. The van der Waals surface area contributed by atoms with Crippen molar-refractivity contribution >= 4 is 10.9 Å². The van der Waals surface area contributed by atoms with Crippen molar-refractivity contribution in [2.24, 2.45) is 5.92 Å². The highest BCUT2D eigenvalue weighted by molar-refractivity contribution is 5.87. The van der Waals surface area contributed by atoms with E-state index in [2.05, 4.69) is 23.7 Å². The zero-order chi connectivity index (χ0) is 13.6. The summed E-state index contributed by atoms with van der Waals surface area (Å²) in [5, 5.41) is 1.07. The molecule has 0 bridgehead atoms. The van der Waals surface area contributed by atoms with Crippen LogP contribution in [-0.2, 0) is 13.0 Å². The molecule has 1 aromatic carbocycles. The minimum absolute atomic E-state index is 0.132. The van der Waals surface area contributed by atoms with Crippen molar-refractivity contribution in [3.63, 3.8) is 0 Å². The lowest BCUT2D eigenvalue weighted by atomic mass is 10.0. The summed E-state index contributed by atoms with van der Waals surface area (Å²) >= 11 is 0. The van der Waals surface area contributed by atoms with Gasteiger partial charge >= 0.3 is 0 Å². The van der Waals surface area contributed by atoms with Crippen LogP contribution in [0.5, 0.6) is 0 Å². The fourth-order valence-electron chi connectivity index (χ4n) is 3.17. The Bertz CT molecular complexity index is 613. The zero-order valence-corrected chi connectivity index (χ0v) is 11.9. The number of H-pyrrole nitrogens is 1. The van der Waals surface area contributed by atoms with E-state index in [1.807, 2.05) is 6.92 Å². The maximum Gasteiger partial charge on any atom is 0.124 e. The summed E-state index contributed by atoms with van der Waals surface area (Å²) in [6, 6.07) is 3.28. The average molecular weight is 260 g/mol. The Labute approximate surface area is 113 Å². The topological polar surface area (TPSA) is 19.0 Å². The first-order valence-corrected chi connectivity index (χ1v) is 7.06. The van der Waals surface area contributed by atoms with Crippen molar-refractivity contribution in [3.8, 4) is 0 Å². The van der Waals surface area contributed by atoms with E-state index < -0.39 is 0 Å². The van der Waals surface area contributed by atoms with Crippen LogP contribution in [0.3, 0.4) is 0 Å². The highest BCUT2D eigenvalue weighted by Crippen LogP contribution is 2.30. The van der Waals surface area contributed by atoms with Crippen LogP contribution >= 0.6 is 0 Å². The second kappa shape index (κ2) is 4.64. The number of halogens is 1. The van der Waals surface area contributed by atoms with Crippen LogP contribution in [-0.4, -0.2) is 23.0 Å². The quantitative estimate of drug-likeness (QED) is 0.873. The third kappa shape index (κ3) is 2.27. The van der Waals surface area contributed by atoms with Gasteiger partial charge in [0.2, 0.25) is 0 Å². The SMILES string of the molecule is Cc1cc(F)cc2c3c([nH]c12)CCN(CC(C)C)C3. The Kier molecular flexibility index (Phi) is 3.09. The molecule has 0 spiro atoms. The van der Waals surface area contributed by atoms with Crippen LogP contribution < -0.4 is 0 Å². The number of hydrogen-bond acceptors (Lipinski definition) is 1. The van der Waals surface area contributed by atoms with E-state index in [9.17, 15) is 4.39 Å². The monoisotopic (exact) mass is 260 g/mol.